The SMILES string of the molecule is CCc1ccc(S(=O)(=O)NCCNS(C)(=O)=O)cc1N. The third-order valence-electron chi connectivity index (χ3n) is 2.59. The van der Waals surface area contributed by atoms with E-state index in [2.05, 4.69) is 9.44 Å². The first-order valence-corrected chi connectivity index (χ1v) is 9.36. The van der Waals surface area contributed by atoms with Gasteiger partial charge in [-0.1, -0.05) is 13.0 Å². The van der Waals surface area contributed by atoms with Gasteiger partial charge in [0, 0.05) is 18.8 Å². The lowest BCUT2D eigenvalue weighted by atomic mass is 10.1. The fourth-order valence-electron chi connectivity index (χ4n) is 1.57. The van der Waals surface area contributed by atoms with Gasteiger partial charge in [-0.15, -0.1) is 0 Å². The van der Waals surface area contributed by atoms with E-state index < -0.39 is 20.0 Å². The Hall–Kier alpha value is -1.16. The molecule has 9 heteroatoms. The summed E-state index contributed by atoms with van der Waals surface area (Å²) >= 11 is 0. The van der Waals surface area contributed by atoms with E-state index in [1.165, 1.54) is 12.1 Å². The van der Waals surface area contributed by atoms with E-state index in [-0.39, 0.29) is 18.0 Å². The van der Waals surface area contributed by atoms with Gasteiger partial charge in [0.15, 0.2) is 0 Å². The first-order valence-electron chi connectivity index (χ1n) is 5.98. The van der Waals surface area contributed by atoms with Gasteiger partial charge in [-0.05, 0) is 24.1 Å². The molecule has 0 unspecified atom stereocenters. The molecular weight excluding hydrogens is 302 g/mol. The first kappa shape index (κ1) is 16.9. The topological polar surface area (TPSA) is 118 Å². The van der Waals surface area contributed by atoms with Crippen LogP contribution in [0, 0.1) is 0 Å². The number of anilines is 1. The summed E-state index contributed by atoms with van der Waals surface area (Å²) in [5.41, 5.74) is 7.06. The number of nitrogens with one attached hydrogen (secondary N) is 2. The summed E-state index contributed by atoms with van der Waals surface area (Å²) in [6, 6.07) is 4.53. The minimum Gasteiger partial charge on any atom is -0.398 e. The highest BCUT2D eigenvalue weighted by atomic mass is 32.2. The van der Waals surface area contributed by atoms with Crippen LogP contribution in [0.3, 0.4) is 0 Å². The Bertz CT molecular complexity index is 669. The number of rotatable bonds is 7. The smallest absolute Gasteiger partial charge is 0.240 e. The van der Waals surface area contributed by atoms with Crippen LogP contribution in [-0.2, 0) is 26.5 Å². The van der Waals surface area contributed by atoms with Gasteiger partial charge in [-0.2, -0.15) is 0 Å². The summed E-state index contributed by atoms with van der Waals surface area (Å²) in [5, 5.41) is 0. The lowest BCUT2D eigenvalue weighted by molar-refractivity contribution is 0.573. The molecule has 0 radical (unpaired) electrons. The number of benzene rings is 1. The standard InChI is InChI=1S/C11H19N3O4S2/c1-3-9-4-5-10(8-11(9)12)20(17,18)14-7-6-13-19(2,15)16/h4-5,8,13-14H,3,6-7,12H2,1-2H3. The van der Waals surface area contributed by atoms with Gasteiger partial charge < -0.3 is 5.73 Å². The third-order valence-corrected chi connectivity index (χ3v) is 4.78. The maximum Gasteiger partial charge on any atom is 0.240 e. The molecule has 4 N–H and O–H groups in total. The maximum absolute atomic E-state index is 12.0. The van der Waals surface area contributed by atoms with Crippen molar-refractivity contribution < 1.29 is 16.8 Å². The summed E-state index contributed by atoms with van der Waals surface area (Å²) < 4.78 is 50.1. The van der Waals surface area contributed by atoms with Crippen molar-refractivity contribution in [2.45, 2.75) is 18.2 Å². The average molecular weight is 321 g/mol. The van der Waals surface area contributed by atoms with E-state index in [1.807, 2.05) is 6.92 Å². The fraction of sp³-hybridized carbons (Fsp3) is 0.455. The molecule has 0 fully saturated rings. The maximum atomic E-state index is 12.0. The summed E-state index contributed by atoms with van der Waals surface area (Å²) in [5.74, 6) is 0. The second kappa shape index (κ2) is 6.53. The van der Waals surface area contributed by atoms with Crippen LogP contribution in [0.1, 0.15) is 12.5 Å². The zero-order chi connectivity index (χ0) is 15.4. The summed E-state index contributed by atoms with van der Waals surface area (Å²) in [6.45, 7) is 1.88. The van der Waals surface area contributed by atoms with Gasteiger partial charge >= 0.3 is 0 Å². The second-order valence-electron chi connectivity index (χ2n) is 4.28. The van der Waals surface area contributed by atoms with Gasteiger partial charge in [-0.25, -0.2) is 26.3 Å². The molecule has 0 spiro atoms. The summed E-state index contributed by atoms with van der Waals surface area (Å²) in [7, 11) is -7.02. The third kappa shape index (κ3) is 5.08. The predicted octanol–water partition coefficient (Wildman–Crippen LogP) is -0.341. The van der Waals surface area contributed by atoms with Crippen LogP contribution in [0.5, 0.6) is 0 Å². The van der Waals surface area contributed by atoms with Crippen LogP contribution in [0.25, 0.3) is 0 Å². The van der Waals surface area contributed by atoms with Crippen molar-refractivity contribution in [3.05, 3.63) is 23.8 Å². The molecule has 0 aliphatic rings. The highest BCUT2D eigenvalue weighted by Gasteiger charge is 2.14. The van der Waals surface area contributed by atoms with Crippen LogP contribution in [0.15, 0.2) is 23.1 Å². The van der Waals surface area contributed by atoms with E-state index in [0.29, 0.717) is 5.69 Å². The molecule has 0 aromatic heterocycles. The largest absolute Gasteiger partial charge is 0.398 e. The van der Waals surface area contributed by atoms with Gasteiger partial charge in [0.25, 0.3) is 0 Å². The van der Waals surface area contributed by atoms with Crippen molar-refractivity contribution in [2.75, 3.05) is 25.1 Å². The Morgan fingerprint density at radius 1 is 1.10 bits per heavy atom. The van der Waals surface area contributed by atoms with Crippen molar-refractivity contribution in [3.8, 4) is 0 Å². The minimum atomic E-state index is -3.69. The molecule has 0 atom stereocenters. The Labute approximate surface area is 119 Å². The van der Waals surface area contributed by atoms with Gasteiger partial charge in [0.2, 0.25) is 20.0 Å². The monoisotopic (exact) mass is 321 g/mol. The molecule has 0 saturated heterocycles. The minimum absolute atomic E-state index is 0.0133. The van der Waals surface area contributed by atoms with Crippen LogP contribution in [0.4, 0.5) is 5.69 Å². The Balaban J connectivity index is 2.72. The molecule has 0 amide bonds. The van der Waals surface area contributed by atoms with E-state index in [1.54, 1.807) is 6.07 Å². The molecule has 0 aliphatic heterocycles. The predicted molar refractivity (Wildman–Crippen MR) is 78.3 cm³/mol. The number of sulfonamides is 2. The van der Waals surface area contributed by atoms with Crippen molar-refractivity contribution in [2.24, 2.45) is 0 Å². The molecular formula is C11H19N3O4S2. The van der Waals surface area contributed by atoms with Crippen molar-refractivity contribution in [1.29, 1.82) is 0 Å². The molecule has 0 saturated carbocycles. The van der Waals surface area contributed by atoms with Crippen molar-refractivity contribution in [1.82, 2.24) is 9.44 Å². The number of nitrogens with two attached hydrogens (primary N) is 1. The molecule has 0 bridgehead atoms. The van der Waals surface area contributed by atoms with Crippen molar-refractivity contribution >= 4 is 25.7 Å². The molecule has 0 heterocycles. The summed E-state index contributed by atoms with van der Waals surface area (Å²) in [4.78, 5) is 0.0616. The number of hydrogen-bond acceptors (Lipinski definition) is 5. The number of hydrogen-bond donors (Lipinski definition) is 3. The van der Waals surface area contributed by atoms with Gasteiger partial charge in [0.05, 0.1) is 11.2 Å². The molecule has 20 heavy (non-hydrogen) atoms. The molecule has 1 aromatic rings. The first-order chi connectivity index (χ1) is 9.15. The van der Waals surface area contributed by atoms with Gasteiger partial charge in [0.1, 0.15) is 0 Å². The zero-order valence-electron chi connectivity index (χ0n) is 11.4. The van der Waals surface area contributed by atoms with Crippen LogP contribution >= 0.6 is 0 Å². The number of nitrogen functional groups attached to an aromatic ring is 1. The highest BCUT2D eigenvalue weighted by Crippen LogP contribution is 2.18. The lowest BCUT2D eigenvalue weighted by Crippen LogP contribution is -2.34. The molecule has 1 aromatic carbocycles. The van der Waals surface area contributed by atoms with Crippen molar-refractivity contribution in [3.63, 3.8) is 0 Å². The highest BCUT2D eigenvalue weighted by molar-refractivity contribution is 7.89. The Morgan fingerprint density at radius 3 is 2.20 bits per heavy atom. The Morgan fingerprint density at radius 2 is 1.70 bits per heavy atom. The fourth-order valence-corrected chi connectivity index (χ4v) is 3.11. The molecule has 0 aliphatic carbocycles. The average Bonchev–Trinajstić information content (AvgIpc) is 2.33. The van der Waals surface area contributed by atoms with Gasteiger partial charge in [-0.3, -0.25) is 0 Å². The number of aryl methyl sites for hydroxylation is 1. The normalized spacial score (nSPS) is 12.5. The zero-order valence-corrected chi connectivity index (χ0v) is 13.0. The van der Waals surface area contributed by atoms with Crippen LogP contribution < -0.4 is 15.2 Å². The molecule has 1 rings (SSSR count). The second-order valence-corrected chi connectivity index (χ2v) is 7.88. The quantitative estimate of drug-likeness (QED) is 0.469. The van der Waals surface area contributed by atoms with E-state index >= 15 is 0 Å². The van der Waals surface area contributed by atoms with E-state index in [9.17, 15) is 16.8 Å². The van der Waals surface area contributed by atoms with Crippen LogP contribution in [-0.4, -0.2) is 36.2 Å². The Kier molecular flexibility index (Phi) is 5.51. The van der Waals surface area contributed by atoms with E-state index in [0.717, 1.165) is 18.2 Å². The van der Waals surface area contributed by atoms with E-state index in [4.69, 9.17) is 5.73 Å². The summed E-state index contributed by atoms with van der Waals surface area (Å²) in [6.07, 6.45) is 1.73. The lowest BCUT2D eigenvalue weighted by Gasteiger charge is -2.09. The molecule has 7 nitrogen and oxygen atoms in total. The van der Waals surface area contributed by atoms with Crippen LogP contribution in [0.2, 0.25) is 0 Å². The molecule has 114 valence electrons.